The molecule has 0 aliphatic carbocycles. The largest absolute Gasteiger partial charge is 0.338 e. The van der Waals surface area contributed by atoms with E-state index in [1.165, 1.54) is 0 Å². The van der Waals surface area contributed by atoms with Gasteiger partial charge in [0.1, 0.15) is 6.04 Å². The Morgan fingerprint density at radius 2 is 2.24 bits per heavy atom. The van der Waals surface area contributed by atoms with Crippen LogP contribution in [0, 0.1) is 0 Å². The van der Waals surface area contributed by atoms with Crippen molar-refractivity contribution in [1.29, 1.82) is 0 Å². The van der Waals surface area contributed by atoms with Crippen LogP contribution in [0.2, 0.25) is 0 Å². The first-order valence-corrected chi connectivity index (χ1v) is 6.21. The third-order valence-corrected chi connectivity index (χ3v) is 3.68. The molecule has 1 rings (SSSR count). The molecule has 0 fully saturated rings. The Bertz CT molecular complexity index is 391. The van der Waals surface area contributed by atoms with Crippen molar-refractivity contribution in [3.63, 3.8) is 0 Å². The lowest BCUT2D eigenvalue weighted by molar-refractivity contribution is 0.0495. The summed E-state index contributed by atoms with van der Waals surface area (Å²) in [6.07, 6.45) is 0.698. The highest BCUT2D eigenvalue weighted by atomic mass is 79.9. The Hall–Kier alpha value is -0.240. The number of hydrogen-bond donors (Lipinski definition) is 2. The standard InChI is InChI=1S/C9H14BrClF2N4/c1-3-5-8(10)6(17(2)16-5)4-7(15-14)9(11,12)13/h7,15H,3-4,14H2,1-2H3. The van der Waals surface area contributed by atoms with Gasteiger partial charge in [-0.05, 0) is 34.0 Å². The molecule has 0 spiro atoms. The van der Waals surface area contributed by atoms with Crippen LogP contribution in [0.5, 0.6) is 0 Å². The smallest absolute Gasteiger partial charge is 0.271 e. The first-order chi connectivity index (χ1) is 7.81. The van der Waals surface area contributed by atoms with Gasteiger partial charge in [0.05, 0.1) is 15.9 Å². The van der Waals surface area contributed by atoms with Crippen LogP contribution < -0.4 is 11.3 Å². The van der Waals surface area contributed by atoms with E-state index in [0.29, 0.717) is 12.1 Å². The molecule has 0 aromatic carbocycles. The summed E-state index contributed by atoms with van der Waals surface area (Å²) >= 11 is 8.32. The molecule has 8 heteroatoms. The highest BCUT2D eigenvalue weighted by molar-refractivity contribution is 9.10. The van der Waals surface area contributed by atoms with Crippen molar-refractivity contribution in [2.45, 2.75) is 31.2 Å². The molecule has 0 saturated heterocycles. The minimum Gasteiger partial charge on any atom is -0.271 e. The van der Waals surface area contributed by atoms with Gasteiger partial charge in [0.25, 0.3) is 0 Å². The summed E-state index contributed by atoms with van der Waals surface area (Å²) in [5, 5.41) is 0.799. The van der Waals surface area contributed by atoms with Crippen molar-refractivity contribution in [3.8, 4) is 0 Å². The van der Waals surface area contributed by atoms with Crippen LogP contribution in [0.25, 0.3) is 0 Å². The molecule has 17 heavy (non-hydrogen) atoms. The molecule has 0 bridgehead atoms. The number of aromatic nitrogens is 2. The van der Waals surface area contributed by atoms with E-state index in [1.807, 2.05) is 12.3 Å². The molecular formula is C9H14BrClF2N4. The second-order valence-corrected chi connectivity index (χ2v) is 4.95. The summed E-state index contributed by atoms with van der Waals surface area (Å²) in [5.41, 5.74) is 3.47. The summed E-state index contributed by atoms with van der Waals surface area (Å²) in [6.45, 7) is 1.94. The Morgan fingerprint density at radius 1 is 1.65 bits per heavy atom. The summed E-state index contributed by atoms with van der Waals surface area (Å²) in [6, 6.07) is -1.35. The molecule has 0 saturated carbocycles. The summed E-state index contributed by atoms with van der Waals surface area (Å²) in [5.74, 6) is 5.09. The number of halogens is 4. The van der Waals surface area contributed by atoms with Gasteiger partial charge in [-0.2, -0.15) is 13.9 Å². The van der Waals surface area contributed by atoms with Gasteiger partial charge in [-0.25, -0.2) is 5.43 Å². The first-order valence-electron chi connectivity index (χ1n) is 5.04. The van der Waals surface area contributed by atoms with Crippen LogP contribution in [0.15, 0.2) is 4.47 Å². The second kappa shape index (κ2) is 5.60. The number of rotatable bonds is 5. The highest BCUT2D eigenvalue weighted by Gasteiger charge is 2.37. The van der Waals surface area contributed by atoms with Gasteiger partial charge in [0.2, 0.25) is 0 Å². The second-order valence-electron chi connectivity index (χ2n) is 3.65. The molecule has 3 N–H and O–H groups in total. The molecule has 98 valence electrons. The zero-order valence-electron chi connectivity index (χ0n) is 9.48. The zero-order chi connectivity index (χ0) is 13.2. The van der Waals surface area contributed by atoms with E-state index in [0.717, 1.165) is 10.2 Å². The van der Waals surface area contributed by atoms with Crippen LogP contribution in [-0.2, 0) is 19.9 Å². The lowest BCUT2D eigenvalue weighted by Gasteiger charge is -2.20. The highest BCUT2D eigenvalue weighted by Crippen LogP contribution is 2.29. The van der Waals surface area contributed by atoms with Gasteiger partial charge in [0, 0.05) is 13.5 Å². The maximum atomic E-state index is 13.0. The SMILES string of the molecule is CCc1nn(C)c(CC(NN)C(F)(F)Cl)c1Br. The van der Waals surface area contributed by atoms with E-state index in [2.05, 4.69) is 21.0 Å². The van der Waals surface area contributed by atoms with E-state index >= 15 is 0 Å². The Kier molecular flexibility index (Phi) is 4.88. The fourth-order valence-electron chi connectivity index (χ4n) is 1.50. The molecular weight excluding hydrogens is 317 g/mol. The lowest BCUT2D eigenvalue weighted by Crippen LogP contribution is -2.47. The van der Waals surface area contributed by atoms with Crippen LogP contribution >= 0.6 is 27.5 Å². The molecule has 1 unspecified atom stereocenters. The fourth-order valence-corrected chi connectivity index (χ4v) is 2.42. The summed E-state index contributed by atoms with van der Waals surface area (Å²) in [7, 11) is 1.69. The van der Waals surface area contributed by atoms with E-state index < -0.39 is 11.4 Å². The Morgan fingerprint density at radius 3 is 2.59 bits per heavy atom. The maximum absolute atomic E-state index is 13.0. The number of aryl methyl sites for hydroxylation is 2. The predicted octanol–water partition coefficient (Wildman–Crippen LogP) is 1.95. The third kappa shape index (κ3) is 3.37. The number of nitrogens with zero attached hydrogens (tertiary/aromatic N) is 2. The quantitative estimate of drug-likeness (QED) is 0.493. The first kappa shape index (κ1) is 14.8. The molecule has 1 aromatic heterocycles. The van der Waals surface area contributed by atoms with Gasteiger partial charge in [0.15, 0.2) is 0 Å². The number of alkyl halides is 3. The van der Waals surface area contributed by atoms with Crippen molar-refractivity contribution < 1.29 is 8.78 Å². The van der Waals surface area contributed by atoms with Crippen molar-refractivity contribution >= 4 is 27.5 Å². The van der Waals surface area contributed by atoms with E-state index in [1.54, 1.807) is 11.7 Å². The zero-order valence-corrected chi connectivity index (χ0v) is 11.8. The minimum absolute atomic E-state index is 0.0168. The van der Waals surface area contributed by atoms with Crippen molar-refractivity contribution in [1.82, 2.24) is 15.2 Å². The predicted molar refractivity (Wildman–Crippen MR) is 65.9 cm³/mol. The average Bonchev–Trinajstić information content (AvgIpc) is 2.49. The monoisotopic (exact) mass is 330 g/mol. The molecule has 1 atom stereocenters. The summed E-state index contributed by atoms with van der Waals surface area (Å²) in [4.78, 5) is 0. The summed E-state index contributed by atoms with van der Waals surface area (Å²) < 4.78 is 28.3. The molecule has 0 aliphatic heterocycles. The van der Waals surface area contributed by atoms with E-state index in [9.17, 15) is 8.78 Å². The molecule has 1 heterocycles. The molecule has 1 aromatic rings. The fraction of sp³-hybridized carbons (Fsp3) is 0.667. The lowest BCUT2D eigenvalue weighted by atomic mass is 10.1. The number of hydrazine groups is 1. The number of hydrogen-bond acceptors (Lipinski definition) is 3. The maximum Gasteiger partial charge on any atom is 0.338 e. The molecule has 4 nitrogen and oxygen atoms in total. The van der Waals surface area contributed by atoms with Crippen molar-refractivity contribution in [2.24, 2.45) is 12.9 Å². The third-order valence-electron chi connectivity index (χ3n) is 2.50. The van der Waals surface area contributed by atoms with Crippen molar-refractivity contribution in [2.75, 3.05) is 0 Å². The number of nitrogens with one attached hydrogen (secondary N) is 1. The number of nitrogens with two attached hydrogens (primary N) is 1. The van der Waals surface area contributed by atoms with E-state index in [4.69, 9.17) is 17.4 Å². The minimum atomic E-state index is -3.41. The topological polar surface area (TPSA) is 55.9 Å². The van der Waals surface area contributed by atoms with Gasteiger partial charge in [-0.1, -0.05) is 6.92 Å². The van der Waals surface area contributed by atoms with Crippen LogP contribution in [0.3, 0.4) is 0 Å². The van der Waals surface area contributed by atoms with Crippen LogP contribution in [0.4, 0.5) is 8.78 Å². The Balaban J connectivity index is 2.98. The molecule has 0 amide bonds. The van der Waals surface area contributed by atoms with Gasteiger partial charge >= 0.3 is 5.38 Å². The van der Waals surface area contributed by atoms with Gasteiger partial charge in [-0.3, -0.25) is 10.5 Å². The average molecular weight is 332 g/mol. The normalized spacial score (nSPS) is 14.1. The van der Waals surface area contributed by atoms with E-state index in [-0.39, 0.29) is 6.42 Å². The van der Waals surface area contributed by atoms with Gasteiger partial charge in [-0.15, -0.1) is 0 Å². The van der Waals surface area contributed by atoms with Gasteiger partial charge < -0.3 is 0 Å². The molecule has 0 aliphatic rings. The molecule has 0 radical (unpaired) electrons. The van der Waals surface area contributed by atoms with Crippen molar-refractivity contribution in [3.05, 3.63) is 15.9 Å². The van der Waals surface area contributed by atoms with Crippen LogP contribution in [0.1, 0.15) is 18.3 Å². The Labute approximate surface area is 112 Å². The van der Waals surface area contributed by atoms with Crippen LogP contribution in [-0.4, -0.2) is 21.2 Å².